The second-order valence-electron chi connectivity index (χ2n) is 9.09. The molecule has 4 aliphatic rings. The monoisotopic (exact) mass is 435 g/mol. The summed E-state index contributed by atoms with van der Waals surface area (Å²) in [5.74, 6) is -2.09. The van der Waals surface area contributed by atoms with Gasteiger partial charge < -0.3 is 5.32 Å². The van der Waals surface area contributed by atoms with E-state index in [9.17, 15) is 14.4 Å². The number of hydrogen-bond acceptors (Lipinski definition) is 4. The molecule has 2 aromatic rings. The number of anilines is 2. The second kappa shape index (κ2) is 6.17. The second-order valence-corrected chi connectivity index (χ2v) is 9.50. The summed E-state index contributed by atoms with van der Waals surface area (Å²) >= 11 is 6.37. The fraction of sp³-hybridized carbons (Fsp3) is 0.375. The lowest BCUT2D eigenvalue weighted by Gasteiger charge is -2.37. The van der Waals surface area contributed by atoms with Gasteiger partial charge in [0.05, 0.1) is 22.5 Å². The van der Waals surface area contributed by atoms with Gasteiger partial charge in [0.2, 0.25) is 17.7 Å². The lowest BCUT2D eigenvalue weighted by atomic mass is 9.75. The number of nitrogens with one attached hydrogen (secondary N) is 1. The molecule has 1 spiro atoms. The summed E-state index contributed by atoms with van der Waals surface area (Å²) < 4.78 is 0. The van der Waals surface area contributed by atoms with Crippen LogP contribution in [0.4, 0.5) is 11.4 Å². The molecule has 7 heteroatoms. The number of carbonyl (C=O) groups excluding carboxylic acids is 3. The number of fused-ring (bicyclic) bond motifs is 7. The maximum absolute atomic E-state index is 13.9. The maximum atomic E-state index is 13.9. The van der Waals surface area contributed by atoms with Crippen LogP contribution in [0.5, 0.6) is 0 Å². The quantitative estimate of drug-likeness (QED) is 0.697. The first kappa shape index (κ1) is 19.0. The zero-order valence-corrected chi connectivity index (χ0v) is 18.1. The van der Waals surface area contributed by atoms with Crippen molar-refractivity contribution in [3.05, 3.63) is 58.1 Å². The summed E-state index contributed by atoms with van der Waals surface area (Å²) in [6.45, 7) is 4.66. The Bertz CT molecular complexity index is 1190. The average molecular weight is 436 g/mol. The van der Waals surface area contributed by atoms with Gasteiger partial charge in [-0.1, -0.05) is 41.4 Å². The van der Waals surface area contributed by atoms with E-state index in [4.69, 9.17) is 11.6 Å². The zero-order valence-electron chi connectivity index (χ0n) is 17.3. The van der Waals surface area contributed by atoms with E-state index in [2.05, 4.69) is 10.2 Å². The molecule has 0 unspecified atom stereocenters. The van der Waals surface area contributed by atoms with Crippen molar-refractivity contribution >= 4 is 40.7 Å². The fourth-order valence-electron chi connectivity index (χ4n) is 6.53. The van der Waals surface area contributed by atoms with Gasteiger partial charge in [0.25, 0.3) is 0 Å². The predicted octanol–water partition coefficient (Wildman–Crippen LogP) is 3.39. The minimum atomic E-state index is -1.15. The fourth-order valence-corrected chi connectivity index (χ4v) is 6.75. The molecule has 0 aromatic heterocycles. The van der Waals surface area contributed by atoms with Crippen LogP contribution in [0.2, 0.25) is 5.02 Å². The van der Waals surface area contributed by atoms with Crippen molar-refractivity contribution in [3.63, 3.8) is 0 Å². The van der Waals surface area contributed by atoms with E-state index in [0.717, 1.165) is 35.2 Å². The van der Waals surface area contributed by atoms with E-state index >= 15 is 0 Å². The van der Waals surface area contributed by atoms with Gasteiger partial charge in [0, 0.05) is 17.3 Å². The number of para-hydroxylation sites is 1. The molecule has 3 saturated heterocycles. The highest BCUT2D eigenvalue weighted by Gasteiger charge is 2.74. The Morgan fingerprint density at radius 3 is 2.65 bits per heavy atom. The lowest BCUT2D eigenvalue weighted by molar-refractivity contribution is -0.135. The van der Waals surface area contributed by atoms with Crippen LogP contribution >= 0.6 is 11.6 Å². The average Bonchev–Trinajstić information content (AvgIpc) is 3.42. The number of benzene rings is 2. The molecule has 3 fully saturated rings. The SMILES string of the molecule is Cc1cc(C)c2c(c1)[C@]1(C(=O)N2)[C@@H]2C(=O)N(c3ccccc3Cl)C(=O)[C@@H]2[C@@H]2CCCN21. The van der Waals surface area contributed by atoms with Crippen molar-refractivity contribution in [1.29, 1.82) is 0 Å². The van der Waals surface area contributed by atoms with Crippen LogP contribution in [0.25, 0.3) is 0 Å². The third kappa shape index (κ3) is 2.14. The first-order valence-electron chi connectivity index (χ1n) is 10.7. The van der Waals surface area contributed by atoms with Gasteiger partial charge >= 0.3 is 0 Å². The van der Waals surface area contributed by atoms with E-state index in [0.29, 0.717) is 17.3 Å². The number of rotatable bonds is 1. The summed E-state index contributed by atoms with van der Waals surface area (Å²) in [7, 11) is 0. The largest absolute Gasteiger partial charge is 0.324 e. The van der Waals surface area contributed by atoms with E-state index in [1.165, 1.54) is 4.90 Å². The Balaban J connectivity index is 1.60. The highest BCUT2D eigenvalue weighted by atomic mass is 35.5. The Morgan fingerprint density at radius 2 is 1.87 bits per heavy atom. The molecule has 2 aromatic carbocycles. The van der Waals surface area contributed by atoms with Crippen LogP contribution in [0.15, 0.2) is 36.4 Å². The van der Waals surface area contributed by atoms with E-state index < -0.39 is 17.4 Å². The van der Waals surface area contributed by atoms with Gasteiger partial charge in [-0.2, -0.15) is 0 Å². The molecular formula is C24H22ClN3O3. The molecule has 4 atom stereocenters. The molecule has 4 heterocycles. The van der Waals surface area contributed by atoms with Crippen LogP contribution in [-0.4, -0.2) is 35.2 Å². The summed E-state index contributed by atoms with van der Waals surface area (Å²) in [6, 6.07) is 10.8. The zero-order chi connectivity index (χ0) is 21.7. The first-order valence-corrected chi connectivity index (χ1v) is 11.1. The molecule has 4 aliphatic heterocycles. The van der Waals surface area contributed by atoms with Crippen molar-refractivity contribution in [2.75, 3.05) is 16.8 Å². The van der Waals surface area contributed by atoms with Crippen molar-refractivity contribution in [2.24, 2.45) is 11.8 Å². The number of imide groups is 1. The van der Waals surface area contributed by atoms with Crippen molar-refractivity contribution in [1.82, 2.24) is 4.90 Å². The van der Waals surface area contributed by atoms with E-state index in [-0.39, 0.29) is 23.8 Å². The molecule has 0 aliphatic carbocycles. The molecule has 0 radical (unpaired) electrons. The Morgan fingerprint density at radius 1 is 1.10 bits per heavy atom. The van der Waals surface area contributed by atoms with E-state index in [1.54, 1.807) is 24.3 Å². The normalized spacial score (nSPS) is 31.4. The molecule has 6 nitrogen and oxygen atoms in total. The smallest absolute Gasteiger partial charge is 0.250 e. The molecule has 158 valence electrons. The van der Waals surface area contributed by atoms with Crippen LogP contribution < -0.4 is 10.2 Å². The minimum Gasteiger partial charge on any atom is -0.324 e. The summed E-state index contributed by atoms with van der Waals surface area (Å²) in [6.07, 6.45) is 1.70. The number of carbonyl (C=O) groups is 3. The van der Waals surface area contributed by atoms with Gasteiger partial charge in [-0.05, 0) is 50.9 Å². The van der Waals surface area contributed by atoms with Gasteiger partial charge in [-0.3, -0.25) is 19.3 Å². The lowest BCUT2D eigenvalue weighted by Crippen LogP contribution is -2.54. The van der Waals surface area contributed by atoms with E-state index in [1.807, 2.05) is 26.0 Å². The van der Waals surface area contributed by atoms with Crippen LogP contribution in [0.3, 0.4) is 0 Å². The number of nitrogens with zero attached hydrogens (tertiary/aromatic N) is 2. The maximum Gasteiger partial charge on any atom is 0.250 e. The number of aryl methyl sites for hydroxylation is 2. The van der Waals surface area contributed by atoms with Gasteiger partial charge in [-0.15, -0.1) is 0 Å². The molecule has 3 amide bonds. The first-order chi connectivity index (χ1) is 14.9. The topological polar surface area (TPSA) is 69.7 Å². The number of amides is 3. The highest BCUT2D eigenvalue weighted by Crippen LogP contribution is 2.61. The highest BCUT2D eigenvalue weighted by molar-refractivity contribution is 6.36. The molecular weight excluding hydrogens is 414 g/mol. The van der Waals surface area contributed by atoms with Crippen LogP contribution in [0.1, 0.15) is 29.5 Å². The molecule has 1 N–H and O–H groups in total. The summed E-state index contributed by atoms with van der Waals surface area (Å²) in [5.41, 5.74) is 2.85. The standard InChI is InChI=1S/C24H22ClN3O3/c1-12-10-13(2)20-14(11-12)24(23(31)26-20)19-18(17-8-5-9-27(17)24)21(29)28(22(19)30)16-7-4-3-6-15(16)25/h3-4,6-7,10-11,17-19H,5,8-9H2,1-2H3,(H,26,31)/t17-,18+,19-,24+/m0/s1. The summed E-state index contributed by atoms with van der Waals surface area (Å²) in [5, 5.41) is 3.41. The van der Waals surface area contributed by atoms with Crippen molar-refractivity contribution in [2.45, 2.75) is 38.3 Å². The Labute approximate surface area is 185 Å². The van der Waals surface area contributed by atoms with Gasteiger partial charge in [-0.25, -0.2) is 4.90 Å². The minimum absolute atomic E-state index is 0.133. The van der Waals surface area contributed by atoms with Crippen LogP contribution in [-0.2, 0) is 19.9 Å². The molecule has 0 saturated carbocycles. The third-order valence-electron chi connectivity index (χ3n) is 7.54. The number of hydrogen-bond donors (Lipinski definition) is 1. The molecule has 0 bridgehead atoms. The van der Waals surface area contributed by atoms with Crippen molar-refractivity contribution in [3.8, 4) is 0 Å². The molecule has 6 rings (SSSR count). The molecule has 31 heavy (non-hydrogen) atoms. The Hall–Kier alpha value is -2.70. The van der Waals surface area contributed by atoms with Crippen LogP contribution in [0, 0.1) is 25.7 Å². The third-order valence-corrected chi connectivity index (χ3v) is 7.86. The predicted molar refractivity (Wildman–Crippen MR) is 117 cm³/mol. The number of halogens is 1. The summed E-state index contributed by atoms with van der Waals surface area (Å²) in [4.78, 5) is 44.7. The van der Waals surface area contributed by atoms with Gasteiger partial charge in [0.1, 0.15) is 5.54 Å². The van der Waals surface area contributed by atoms with Crippen molar-refractivity contribution < 1.29 is 14.4 Å². The Kier molecular flexibility index (Phi) is 3.79. The van der Waals surface area contributed by atoms with Gasteiger partial charge in [0.15, 0.2) is 0 Å².